The van der Waals surface area contributed by atoms with Crippen molar-refractivity contribution in [2.45, 2.75) is 37.3 Å². The SMILES string of the molecule is CC(=O)N1c2ccccc2C23CCN4C/C(=C/CO)[C@H](C[C@H]42)[C@@H](CO)[C@H]13. The normalized spacial score (nSPS) is 39.2. The minimum atomic E-state index is -0.0725. The van der Waals surface area contributed by atoms with Crippen molar-refractivity contribution in [1.29, 1.82) is 0 Å². The molecule has 3 fully saturated rings. The minimum absolute atomic E-state index is 0.00135. The fourth-order valence-corrected chi connectivity index (χ4v) is 6.71. The highest BCUT2D eigenvalue weighted by Crippen LogP contribution is 2.63. The van der Waals surface area contributed by atoms with Crippen LogP contribution >= 0.6 is 0 Å². The van der Waals surface area contributed by atoms with Gasteiger partial charge in [-0.1, -0.05) is 29.8 Å². The van der Waals surface area contributed by atoms with Gasteiger partial charge in [0.2, 0.25) is 5.91 Å². The van der Waals surface area contributed by atoms with Crippen molar-refractivity contribution in [2.24, 2.45) is 11.8 Å². The van der Waals surface area contributed by atoms with Crippen LogP contribution < -0.4 is 4.90 Å². The molecule has 26 heavy (non-hydrogen) atoms. The van der Waals surface area contributed by atoms with E-state index in [4.69, 9.17) is 0 Å². The molecule has 1 spiro atoms. The van der Waals surface area contributed by atoms with Gasteiger partial charge in [0.05, 0.1) is 12.6 Å². The summed E-state index contributed by atoms with van der Waals surface area (Å²) < 4.78 is 0. The van der Waals surface area contributed by atoms with E-state index < -0.39 is 0 Å². The quantitative estimate of drug-likeness (QED) is 0.786. The highest BCUT2D eigenvalue weighted by molar-refractivity contribution is 5.96. The van der Waals surface area contributed by atoms with E-state index in [0.717, 1.165) is 31.6 Å². The van der Waals surface area contributed by atoms with Crippen LogP contribution in [0, 0.1) is 11.8 Å². The van der Waals surface area contributed by atoms with Crippen LogP contribution in [0.1, 0.15) is 25.3 Å². The van der Waals surface area contributed by atoms with Gasteiger partial charge in [0, 0.05) is 43.1 Å². The molecule has 5 heteroatoms. The Bertz CT molecular complexity index is 791. The van der Waals surface area contributed by atoms with Gasteiger partial charge in [-0.3, -0.25) is 9.69 Å². The van der Waals surface area contributed by atoms with Gasteiger partial charge >= 0.3 is 0 Å². The highest BCUT2D eigenvalue weighted by Gasteiger charge is 2.67. The van der Waals surface area contributed by atoms with E-state index in [9.17, 15) is 15.0 Å². The Hall–Kier alpha value is -1.69. The van der Waals surface area contributed by atoms with Gasteiger partial charge < -0.3 is 15.1 Å². The zero-order valence-corrected chi connectivity index (χ0v) is 15.1. The molecule has 4 aliphatic rings. The summed E-state index contributed by atoms with van der Waals surface area (Å²) in [4.78, 5) is 17.2. The molecular formula is C21H26N2O3. The van der Waals surface area contributed by atoms with Crippen LogP contribution in [0.3, 0.4) is 0 Å². The summed E-state index contributed by atoms with van der Waals surface area (Å²) in [6.07, 6.45) is 3.96. The van der Waals surface area contributed by atoms with Gasteiger partial charge in [-0.2, -0.15) is 0 Å². The summed E-state index contributed by atoms with van der Waals surface area (Å²) in [6.45, 7) is 3.64. The molecule has 2 bridgehead atoms. The first kappa shape index (κ1) is 16.5. The molecule has 5 nitrogen and oxygen atoms in total. The Morgan fingerprint density at radius 2 is 2.15 bits per heavy atom. The molecule has 1 aromatic rings. The first-order chi connectivity index (χ1) is 12.6. The predicted octanol–water partition coefficient (Wildman–Crippen LogP) is 1.29. The van der Waals surface area contributed by atoms with Gasteiger partial charge in [0.25, 0.3) is 0 Å². The van der Waals surface area contributed by atoms with Gasteiger partial charge in [-0.05, 0) is 36.9 Å². The Morgan fingerprint density at radius 1 is 1.35 bits per heavy atom. The van der Waals surface area contributed by atoms with Crippen molar-refractivity contribution in [3.8, 4) is 0 Å². The summed E-state index contributed by atoms with van der Waals surface area (Å²) in [6, 6.07) is 8.75. The number of hydrogen-bond acceptors (Lipinski definition) is 4. The van der Waals surface area contributed by atoms with E-state index in [1.54, 1.807) is 6.92 Å². The molecule has 2 saturated heterocycles. The van der Waals surface area contributed by atoms with Crippen LogP contribution in [0.5, 0.6) is 0 Å². The standard InChI is InChI=1S/C21H26N2O3/c1-13(26)23-18-5-3-2-4-17(18)21-7-8-22-11-14(6-9-24)15(10-19(21)22)16(12-25)20(21)23/h2-6,15-16,19-20,24-25H,7-12H2,1H3/b14-6-/t15-,16+,19-,20-,21?/m0/s1. The monoisotopic (exact) mass is 354 g/mol. The number of para-hydroxylation sites is 1. The molecule has 1 saturated carbocycles. The van der Waals surface area contributed by atoms with Gasteiger partial charge in [-0.25, -0.2) is 0 Å². The van der Waals surface area contributed by atoms with Crippen LogP contribution in [-0.2, 0) is 10.2 Å². The number of anilines is 1. The second kappa shape index (κ2) is 5.65. The van der Waals surface area contributed by atoms with Crippen molar-refractivity contribution in [1.82, 2.24) is 4.90 Å². The third-order valence-electron chi connectivity index (χ3n) is 7.48. The summed E-state index contributed by atoms with van der Waals surface area (Å²) in [5.74, 6) is 0.310. The predicted molar refractivity (Wildman–Crippen MR) is 98.9 cm³/mol. The molecule has 5 rings (SSSR count). The lowest BCUT2D eigenvalue weighted by Crippen LogP contribution is -2.65. The second-order valence-corrected chi connectivity index (χ2v) is 8.28. The molecule has 3 heterocycles. The van der Waals surface area contributed by atoms with Crippen LogP contribution in [0.25, 0.3) is 0 Å². The smallest absolute Gasteiger partial charge is 0.224 e. The van der Waals surface area contributed by atoms with Crippen LogP contribution in [0.15, 0.2) is 35.9 Å². The van der Waals surface area contributed by atoms with E-state index >= 15 is 0 Å². The average molecular weight is 354 g/mol. The van der Waals surface area contributed by atoms with Crippen LogP contribution in [0.4, 0.5) is 5.69 Å². The van der Waals surface area contributed by atoms with E-state index in [2.05, 4.69) is 23.1 Å². The van der Waals surface area contributed by atoms with E-state index in [1.807, 2.05) is 17.0 Å². The van der Waals surface area contributed by atoms with Crippen molar-refractivity contribution in [2.75, 3.05) is 31.2 Å². The van der Waals surface area contributed by atoms with E-state index in [-0.39, 0.29) is 42.4 Å². The lowest BCUT2D eigenvalue weighted by molar-refractivity contribution is -0.118. The van der Waals surface area contributed by atoms with Crippen molar-refractivity contribution in [3.63, 3.8) is 0 Å². The Balaban J connectivity index is 1.74. The number of rotatable bonds is 2. The Kier molecular flexibility index (Phi) is 3.58. The zero-order chi connectivity index (χ0) is 18.1. The number of amides is 1. The fraction of sp³-hybridized carbons (Fsp3) is 0.571. The third kappa shape index (κ3) is 1.83. The Morgan fingerprint density at radius 3 is 2.88 bits per heavy atom. The second-order valence-electron chi connectivity index (χ2n) is 8.28. The number of aliphatic hydroxyl groups is 2. The lowest BCUT2D eigenvalue weighted by Gasteiger charge is -2.56. The average Bonchev–Trinajstić information content (AvgIpc) is 3.17. The molecule has 1 unspecified atom stereocenters. The fourth-order valence-electron chi connectivity index (χ4n) is 6.71. The Labute approximate surface area is 153 Å². The molecule has 1 amide bonds. The number of piperidine rings is 1. The summed E-state index contributed by atoms with van der Waals surface area (Å²) in [5.41, 5.74) is 3.49. The summed E-state index contributed by atoms with van der Waals surface area (Å²) in [5, 5.41) is 19.9. The summed E-state index contributed by atoms with van der Waals surface area (Å²) >= 11 is 0. The van der Waals surface area contributed by atoms with Gasteiger partial charge in [0.15, 0.2) is 0 Å². The first-order valence-electron chi connectivity index (χ1n) is 9.67. The number of aliphatic hydroxyl groups excluding tert-OH is 2. The van der Waals surface area contributed by atoms with Crippen molar-refractivity contribution < 1.29 is 15.0 Å². The number of nitrogens with zero attached hydrogens (tertiary/aromatic N) is 2. The molecule has 138 valence electrons. The maximum absolute atomic E-state index is 12.7. The molecule has 3 aliphatic heterocycles. The number of carbonyl (C=O) groups excluding carboxylic acids is 1. The molecule has 1 aromatic carbocycles. The maximum atomic E-state index is 12.7. The first-order valence-corrected chi connectivity index (χ1v) is 9.67. The van der Waals surface area contributed by atoms with E-state index in [1.165, 1.54) is 11.1 Å². The van der Waals surface area contributed by atoms with Crippen LogP contribution in [0.2, 0.25) is 0 Å². The minimum Gasteiger partial charge on any atom is -0.396 e. The van der Waals surface area contributed by atoms with Gasteiger partial charge in [0.1, 0.15) is 0 Å². The molecule has 0 radical (unpaired) electrons. The molecule has 1 aliphatic carbocycles. The molecule has 0 aromatic heterocycles. The third-order valence-corrected chi connectivity index (χ3v) is 7.48. The summed E-state index contributed by atoms with van der Waals surface area (Å²) in [7, 11) is 0. The molecular weight excluding hydrogens is 328 g/mol. The lowest BCUT2D eigenvalue weighted by atomic mass is 9.55. The number of hydrogen-bond donors (Lipinski definition) is 2. The van der Waals surface area contributed by atoms with Crippen LogP contribution in [-0.4, -0.2) is 59.4 Å². The highest BCUT2D eigenvalue weighted by atomic mass is 16.3. The zero-order valence-electron chi connectivity index (χ0n) is 15.1. The van der Waals surface area contributed by atoms with Gasteiger partial charge in [-0.15, -0.1) is 0 Å². The number of fused-ring (bicyclic) bond motifs is 2. The topological polar surface area (TPSA) is 64.0 Å². The maximum Gasteiger partial charge on any atom is 0.224 e. The van der Waals surface area contributed by atoms with Crippen molar-refractivity contribution >= 4 is 11.6 Å². The number of benzene rings is 1. The van der Waals surface area contributed by atoms with Crippen molar-refractivity contribution in [3.05, 3.63) is 41.5 Å². The van der Waals surface area contributed by atoms with E-state index in [0.29, 0.717) is 6.04 Å². The number of carbonyl (C=O) groups is 1. The molecule has 5 atom stereocenters. The largest absolute Gasteiger partial charge is 0.396 e. The molecule has 2 N–H and O–H groups in total.